The average Bonchev–Trinajstić information content (AvgIpc) is 2.97. The smallest absolute Gasteiger partial charge is 0.256 e. The van der Waals surface area contributed by atoms with Gasteiger partial charge < -0.3 is 10.2 Å². The molecule has 1 N–H and O–H groups in total. The summed E-state index contributed by atoms with van der Waals surface area (Å²) in [7, 11) is 1.92. The van der Waals surface area contributed by atoms with E-state index in [1.165, 1.54) is 6.20 Å². The standard InChI is InChI=1S/C16H18N6O/c1-11(2)19-16(23)13-10-18-22-9-6-14(20-15(13)22)21(3)12-4-7-17-8-5-12/h4-11H,1-3H3,(H,19,23). The van der Waals surface area contributed by atoms with Gasteiger partial charge in [-0.05, 0) is 32.0 Å². The van der Waals surface area contributed by atoms with Crippen LogP contribution in [0.1, 0.15) is 24.2 Å². The average molecular weight is 310 g/mol. The molecule has 0 aromatic carbocycles. The molecule has 0 aliphatic rings. The summed E-state index contributed by atoms with van der Waals surface area (Å²) in [6, 6.07) is 5.70. The minimum atomic E-state index is -0.175. The van der Waals surface area contributed by atoms with Crippen molar-refractivity contribution in [3.63, 3.8) is 0 Å². The fourth-order valence-electron chi connectivity index (χ4n) is 2.25. The minimum absolute atomic E-state index is 0.0557. The number of nitrogens with zero attached hydrogens (tertiary/aromatic N) is 5. The van der Waals surface area contributed by atoms with Crippen LogP contribution in [0.25, 0.3) is 5.65 Å². The van der Waals surface area contributed by atoms with E-state index >= 15 is 0 Å². The molecule has 3 aromatic rings. The number of carbonyl (C=O) groups excluding carboxylic acids is 1. The van der Waals surface area contributed by atoms with Gasteiger partial charge in [0.2, 0.25) is 0 Å². The number of hydrogen-bond acceptors (Lipinski definition) is 5. The van der Waals surface area contributed by atoms with E-state index in [9.17, 15) is 4.79 Å². The predicted molar refractivity (Wildman–Crippen MR) is 87.9 cm³/mol. The molecule has 0 aliphatic carbocycles. The van der Waals surface area contributed by atoms with Crippen LogP contribution in [0.2, 0.25) is 0 Å². The first-order chi connectivity index (χ1) is 11.1. The summed E-state index contributed by atoms with van der Waals surface area (Å²) < 4.78 is 1.60. The van der Waals surface area contributed by atoms with E-state index in [2.05, 4.69) is 20.4 Å². The maximum Gasteiger partial charge on any atom is 0.256 e. The van der Waals surface area contributed by atoms with E-state index in [0.29, 0.717) is 11.2 Å². The molecule has 3 rings (SSSR count). The summed E-state index contributed by atoms with van der Waals surface area (Å²) in [6.45, 7) is 3.83. The third-order valence-corrected chi connectivity index (χ3v) is 3.41. The number of pyridine rings is 1. The number of hydrogen-bond donors (Lipinski definition) is 1. The van der Waals surface area contributed by atoms with Crippen molar-refractivity contribution >= 4 is 23.1 Å². The fourth-order valence-corrected chi connectivity index (χ4v) is 2.25. The predicted octanol–water partition coefficient (Wildman–Crippen LogP) is 2.03. The van der Waals surface area contributed by atoms with Crippen molar-refractivity contribution in [1.82, 2.24) is 24.9 Å². The van der Waals surface area contributed by atoms with Gasteiger partial charge in [0, 0.05) is 37.4 Å². The lowest BCUT2D eigenvalue weighted by Crippen LogP contribution is -2.30. The van der Waals surface area contributed by atoms with Crippen LogP contribution in [0.3, 0.4) is 0 Å². The Balaban J connectivity index is 1.99. The molecule has 0 saturated carbocycles. The highest BCUT2D eigenvalue weighted by atomic mass is 16.1. The Kier molecular flexibility index (Phi) is 3.92. The van der Waals surface area contributed by atoms with Gasteiger partial charge in [-0.25, -0.2) is 9.50 Å². The number of carbonyl (C=O) groups is 1. The van der Waals surface area contributed by atoms with Crippen LogP contribution >= 0.6 is 0 Å². The highest BCUT2D eigenvalue weighted by Gasteiger charge is 2.16. The second-order valence-electron chi connectivity index (χ2n) is 5.50. The van der Waals surface area contributed by atoms with E-state index < -0.39 is 0 Å². The van der Waals surface area contributed by atoms with Crippen LogP contribution < -0.4 is 10.2 Å². The largest absolute Gasteiger partial charge is 0.350 e. The summed E-state index contributed by atoms with van der Waals surface area (Å²) in [4.78, 5) is 22.8. The van der Waals surface area contributed by atoms with Gasteiger partial charge in [0.25, 0.3) is 5.91 Å². The van der Waals surface area contributed by atoms with Gasteiger partial charge in [0.15, 0.2) is 5.65 Å². The molecule has 0 fully saturated rings. The van der Waals surface area contributed by atoms with E-state index in [0.717, 1.165) is 11.5 Å². The quantitative estimate of drug-likeness (QED) is 0.798. The first kappa shape index (κ1) is 15.0. The third-order valence-electron chi connectivity index (χ3n) is 3.41. The van der Waals surface area contributed by atoms with Gasteiger partial charge in [0.05, 0.1) is 6.20 Å². The van der Waals surface area contributed by atoms with Crippen molar-refractivity contribution in [2.24, 2.45) is 0 Å². The van der Waals surface area contributed by atoms with Gasteiger partial charge >= 0.3 is 0 Å². The summed E-state index contributed by atoms with van der Waals surface area (Å²) in [5.41, 5.74) is 1.95. The van der Waals surface area contributed by atoms with Gasteiger partial charge in [-0.1, -0.05) is 0 Å². The monoisotopic (exact) mass is 310 g/mol. The maximum absolute atomic E-state index is 12.3. The van der Waals surface area contributed by atoms with Crippen LogP contribution in [0.15, 0.2) is 43.0 Å². The molecule has 7 heteroatoms. The zero-order valence-electron chi connectivity index (χ0n) is 13.3. The van der Waals surface area contributed by atoms with Crippen LogP contribution in [-0.2, 0) is 0 Å². The molecule has 1 amide bonds. The molecule has 0 radical (unpaired) electrons. The van der Waals surface area contributed by atoms with Crippen LogP contribution in [0, 0.1) is 0 Å². The molecule has 23 heavy (non-hydrogen) atoms. The number of nitrogens with one attached hydrogen (secondary N) is 1. The molecule has 118 valence electrons. The molecule has 0 aliphatic heterocycles. The van der Waals surface area contributed by atoms with Crippen LogP contribution in [0.4, 0.5) is 11.5 Å². The molecule has 0 bridgehead atoms. The van der Waals surface area contributed by atoms with Crippen molar-refractivity contribution in [2.75, 3.05) is 11.9 Å². The van der Waals surface area contributed by atoms with E-state index in [1.807, 2.05) is 44.0 Å². The van der Waals surface area contributed by atoms with Crippen molar-refractivity contribution < 1.29 is 4.79 Å². The van der Waals surface area contributed by atoms with Crippen molar-refractivity contribution in [3.05, 3.63) is 48.5 Å². The molecule has 0 unspecified atom stereocenters. The summed E-state index contributed by atoms with van der Waals surface area (Å²) in [6.07, 6.45) is 6.78. The Labute approximate surface area is 134 Å². The Morgan fingerprint density at radius 2 is 2.00 bits per heavy atom. The fraction of sp³-hybridized carbons (Fsp3) is 0.250. The molecule has 0 spiro atoms. The molecule has 7 nitrogen and oxygen atoms in total. The highest BCUT2D eigenvalue weighted by Crippen LogP contribution is 2.21. The van der Waals surface area contributed by atoms with E-state index in [4.69, 9.17) is 0 Å². The number of fused-ring (bicyclic) bond motifs is 1. The molecule has 3 heterocycles. The minimum Gasteiger partial charge on any atom is -0.350 e. The normalized spacial score (nSPS) is 11.0. The first-order valence-electron chi connectivity index (χ1n) is 7.35. The number of amides is 1. The van der Waals surface area contributed by atoms with Gasteiger partial charge in [-0.2, -0.15) is 5.10 Å². The molecular formula is C16H18N6O. The molecule has 0 saturated heterocycles. The van der Waals surface area contributed by atoms with Gasteiger partial charge in [0.1, 0.15) is 11.4 Å². The van der Waals surface area contributed by atoms with E-state index in [1.54, 1.807) is 23.1 Å². The number of rotatable bonds is 4. The summed E-state index contributed by atoms with van der Waals surface area (Å²) in [5.74, 6) is 0.550. The van der Waals surface area contributed by atoms with E-state index in [-0.39, 0.29) is 11.9 Å². The lowest BCUT2D eigenvalue weighted by Gasteiger charge is -2.18. The third kappa shape index (κ3) is 2.98. The van der Waals surface area contributed by atoms with Gasteiger partial charge in [-0.3, -0.25) is 9.78 Å². The Morgan fingerprint density at radius 3 is 2.70 bits per heavy atom. The molecule has 0 atom stereocenters. The molecule has 3 aromatic heterocycles. The van der Waals surface area contributed by atoms with Crippen molar-refractivity contribution in [2.45, 2.75) is 19.9 Å². The lowest BCUT2D eigenvalue weighted by molar-refractivity contribution is 0.0944. The lowest BCUT2D eigenvalue weighted by atomic mass is 10.3. The number of aromatic nitrogens is 4. The zero-order chi connectivity index (χ0) is 16.4. The Morgan fingerprint density at radius 1 is 1.26 bits per heavy atom. The summed E-state index contributed by atoms with van der Waals surface area (Å²) in [5, 5.41) is 7.05. The first-order valence-corrected chi connectivity index (χ1v) is 7.35. The zero-order valence-corrected chi connectivity index (χ0v) is 13.3. The SMILES string of the molecule is CC(C)NC(=O)c1cnn2ccc(N(C)c3ccncc3)nc12. The highest BCUT2D eigenvalue weighted by molar-refractivity contribution is 5.99. The second kappa shape index (κ2) is 6.04. The second-order valence-corrected chi connectivity index (χ2v) is 5.50. The Hall–Kier alpha value is -2.96. The molecular weight excluding hydrogens is 292 g/mol. The number of anilines is 2. The maximum atomic E-state index is 12.3. The Bertz CT molecular complexity index is 827. The van der Waals surface area contributed by atoms with Crippen molar-refractivity contribution in [1.29, 1.82) is 0 Å². The van der Waals surface area contributed by atoms with Crippen molar-refractivity contribution in [3.8, 4) is 0 Å². The topological polar surface area (TPSA) is 75.4 Å². The summed E-state index contributed by atoms with van der Waals surface area (Å²) >= 11 is 0. The van der Waals surface area contributed by atoms with Crippen LogP contribution in [-0.4, -0.2) is 38.6 Å². The van der Waals surface area contributed by atoms with Crippen LogP contribution in [0.5, 0.6) is 0 Å². The van der Waals surface area contributed by atoms with Gasteiger partial charge in [-0.15, -0.1) is 0 Å².